The quantitative estimate of drug-likeness (QED) is 0.210. The summed E-state index contributed by atoms with van der Waals surface area (Å²) in [6.07, 6.45) is -3.90. The Morgan fingerprint density at radius 2 is 1.92 bits per heavy atom. The third-order valence-electron chi connectivity index (χ3n) is 4.07. The summed E-state index contributed by atoms with van der Waals surface area (Å²) in [5.41, 5.74) is -1.39. The van der Waals surface area contributed by atoms with E-state index in [0.29, 0.717) is 13.0 Å². The van der Waals surface area contributed by atoms with Crippen LogP contribution in [0.4, 0.5) is 4.79 Å². The summed E-state index contributed by atoms with van der Waals surface area (Å²) in [5.74, 6) is 0.741. The number of aliphatic hydroxyl groups is 2. The van der Waals surface area contributed by atoms with Crippen molar-refractivity contribution in [1.29, 1.82) is 0 Å². The van der Waals surface area contributed by atoms with Crippen molar-refractivity contribution < 1.29 is 34.0 Å². The molecule has 1 aromatic heterocycles. The molecular weight excluding hydrogens is 514 g/mol. The van der Waals surface area contributed by atoms with Gasteiger partial charge in [-0.25, -0.2) is 9.59 Å². The van der Waals surface area contributed by atoms with Crippen molar-refractivity contribution in [3.8, 4) is 0 Å². The minimum atomic E-state index is -1.32. The topological polar surface area (TPSA) is 169 Å². The molecule has 0 radical (unpaired) electrons. The van der Waals surface area contributed by atoms with Gasteiger partial charge < -0.3 is 29.7 Å². The third kappa shape index (κ3) is 12.3. The highest BCUT2D eigenvalue weighted by Crippen LogP contribution is 2.35. The molecular formula is C22H39N3O9S2. The fraction of sp³-hybridized carbons (Fsp3) is 0.727. The summed E-state index contributed by atoms with van der Waals surface area (Å²) in [5, 5.41) is 21.3. The first-order valence-electron chi connectivity index (χ1n) is 11.5. The fourth-order valence-electron chi connectivity index (χ4n) is 2.61. The number of hydrogen-bond acceptors (Lipinski definition) is 11. The van der Waals surface area contributed by atoms with Gasteiger partial charge in [-0.1, -0.05) is 56.2 Å². The molecule has 1 aliphatic rings. The van der Waals surface area contributed by atoms with E-state index in [1.165, 1.54) is 7.05 Å². The summed E-state index contributed by atoms with van der Waals surface area (Å²) in [7, 11) is 4.86. The minimum absolute atomic E-state index is 0.0930. The van der Waals surface area contributed by atoms with Crippen molar-refractivity contribution >= 4 is 33.7 Å². The number of hydrogen-bond donors (Lipinski definition) is 4. The van der Waals surface area contributed by atoms with Crippen LogP contribution in [0.15, 0.2) is 21.9 Å². The first-order valence-corrected chi connectivity index (χ1v) is 13.9. The Bertz CT molecular complexity index is 902. The van der Waals surface area contributed by atoms with Gasteiger partial charge in [-0.05, 0) is 6.92 Å². The molecule has 0 aromatic carbocycles. The van der Waals surface area contributed by atoms with Crippen LogP contribution in [0.25, 0.3) is 0 Å². The third-order valence-corrected chi connectivity index (χ3v) is 7.41. The van der Waals surface area contributed by atoms with Gasteiger partial charge in [-0.2, -0.15) is 0 Å². The van der Waals surface area contributed by atoms with Crippen molar-refractivity contribution in [1.82, 2.24) is 14.9 Å². The maximum absolute atomic E-state index is 11.8. The monoisotopic (exact) mass is 553 g/mol. The van der Waals surface area contributed by atoms with Crippen LogP contribution < -0.4 is 16.6 Å². The standard InChI is InChI=1S/C11H15N3O7.C9H18O2S2.C2H6/c1-12-11(19)21-8-7(17)5(4-15)20-9(8)14-3-2-6(16)13-10(14)18;1-5-11-8(10)6-7-12-13-9(2,3)4;1-2/h2-3,5,7-9,15,17H,4H2,1H3,(H,12,19)(H,13,16,18);5-7H2,1-4H3;1-2H3. The Morgan fingerprint density at radius 3 is 2.42 bits per heavy atom. The molecule has 2 heterocycles. The molecule has 0 aliphatic carbocycles. The number of H-pyrrole nitrogens is 1. The molecule has 2 rings (SSSR count). The second kappa shape index (κ2) is 17.5. The van der Waals surface area contributed by atoms with E-state index in [1.807, 2.05) is 25.8 Å². The van der Waals surface area contributed by atoms with E-state index in [1.54, 1.807) is 21.6 Å². The Morgan fingerprint density at radius 1 is 1.28 bits per heavy atom. The van der Waals surface area contributed by atoms with E-state index >= 15 is 0 Å². The van der Waals surface area contributed by atoms with Crippen LogP contribution >= 0.6 is 21.6 Å². The average molecular weight is 554 g/mol. The van der Waals surface area contributed by atoms with Crippen LogP contribution in [0, 0.1) is 0 Å². The predicted octanol–water partition coefficient (Wildman–Crippen LogP) is 1.66. The highest BCUT2D eigenvalue weighted by molar-refractivity contribution is 8.77. The Balaban J connectivity index is 0.000000706. The molecule has 1 fully saturated rings. The van der Waals surface area contributed by atoms with E-state index in [2.05, 4.69) is 26.1 Å². The van der Waals surface area contributed by atoms with Crippen molar-refractivity contribution in [3.63, 3.8) is 0 Å². The summed E-state index contributed by atoms with van der Waals surface area (Å²) in [4.78, 5) is 47.1. The molecule has 1 saturated heterocycles. The molecule has 0 spiro atoms. The lowest BCUT2D eigenvalue weighted by Gasteiger charge is -2.21. The van der Waals surface area contributed by atoms with Crippen molar-refractivity contribution in [2.75, 3.05) is 26.0 Å². The zero-order valence-corrected chi connectivity index (χ0v) is 23.4. The largest absolute Gasteiger partial charge is 0.466 e. The minimum Gasteiger partial charge on any atom is -0.466 e. The number of nitrogens with zero attached hydrogens (tertiary/aromatic N) is 1. The molecule has 1 aliphatic heterocycles. The molecule has 0 saturated carbocycles. The first kappa shape index (κ1) is 34.0. The zero-order chi connectivity index (χ0) is 27.9. The highest BCUT2D eigenvalue weighted by atomic mass is 33.1. The predicted molar refractivity (Wildman–Crippen MR) is 140 cm³/mol. The molecule has 12 nitrogen and oxygen atoms in total. The molecule has 14 heteroatoms. The number of ether oxygens (including phenoxy) is 3. The summed E-state index contributed by atoms with van der Waals surface area (Å²) in [6, 6.07) is 1.08. The number of alkyl carbamates (subject to hydrolysis) is 1. The molecule has 4 unspecified atom stereocenters. The van der Waals surface area contributed by atoms with Gasteiger partial charge in [0.2, 0.25) is 0 Å². The number of esters is 1. The van der Waals surface area contributed by atoms with Crippen LogP contribution in [-0.2, 0) is 19.0 Å². The van der Waals surface area contributed by atoms with E-state index in [4.69, 9.17) is 19.3 Å². The smallest absolute Gasteiger partial charge is 0.407 e. The lowest BCUT2D eigenvalue weighted by atomic mass is 10.1. The van der Waals surface area contributed by atoms with Gasteiger partial charge in [0.25, 0.3) is 5.56 Å². The Kier molecular flexibility index (Phi) is 16.5. The summed E-state index contributed by atoms with van der Waals surface area (Å²) < 4.78 is 16.3. The lowest BCUT2D eigenvalue weighted by Crippen LogP contribution is -2.41. The second-order valence-corrected chi connectivity index (χ2v) is 11.2. The lowest BCUT2D eigenvalue weighted by molar-refractivity contribution is -0.142. The number of aromatic nitrogens is 2. The van der Waals surface area contributed by atoms with E-state index in [0.717, 1.165) is 22.6 Å². The van der Waals surface area contributed by atoms with Gasteiger partial charge in [-0.3, -0.25) is 19.1 Å². The Labute approximate surface area is 218 Å². The zero-order valence-electron chi connectivity index (χ0n) is 21.8. The van der Waals surface area contributed by atoms with Gasteiger partial charge in [0.05, 0.1) is 19.6 Å². The van der Waals surface area contributed by atoms with Gasteiger partial charge in [0.1, 0.15) is 12.2 Å². The van der Waals surface area contributed by atoms with Crippen molar-refractivity contribution in [2.24, 2.45) is 0 Å². The normalized spacial score (nSPS) is 20.8. The highest BCUT2D eigenvalue weighted by Gasteiger charge is 2.47. The van der Waals surface area contributed by atoms with Crippen LogP contribution in [0.3, 0.4) is 0 Å². The van der Waals surface area contributed by atoms with Crippen LogP contribution in [0.1, 0.15) is 54.2 Å². The van der Waals surface area contributed by atoms with Gasteiger partial charge in [0.15, 0.2) is 12.3 Å². The van der Waals surface area contributed by atoms with Gasteiger partial charge in [0, 0.05) is 29.8 Å². The van der Waals surface area contributed by atoms with Crippen molar-refractivity contribution in [2.45, 2.75) is 77.3 Å². The van der Waals surface area contributed by atoms with E-state index < -0.39 is 48.5 Å². The number of carbonyl (C=O) groups excluding carboxylic acids is 2. The maximum Gasteiger partial charge on any atom is 0.407 e. The molecule has 36 heavy (non-hydrogen) atoms. The fourth-order valence-corrected chi connectivity index (χ4v) is 4.85. The number of aliphatic hydroxyl groups excluding tert-OH is 2. The SMILES string of the molecule is CC.CCOC(=O)CCSSC(C)(C)C.CNC(=O)OC1C(O)C(CO)OC1n1ccc(=O)[nH]c1=O. The average Bonchev–Trinajstić information content (AvgIpc) is 3.13. The summed E-state index contributed by atoms with van der Waals surface area (Å²) >= 11 is 0. The van der Waals surface area contributed by atoms with Crippen molar-refractivity contribution in [3.05, 3.63) is 33.1 Å². The van der Waals surface area contributed by atoms with Crippen LogP contribution in [0.5, 0.6) is 0 Å². The molecule has 208 valence electrons. The van der Waals surface area contributed by atoms with Gasteiger partial charge in [-0.15, -0.1) is 0 Å². The number of rotatable bonds is 8. The maximum atomic E-state index is 11.8. The number of amides is 1. The van der Waals surface area contributed by atoms with Crippen LogP contribution in [-0.4, -0.2) is 80.9 Å². The molecule has 1 aromatic rings. The van der Waals surface area contributed by atoms with E-state index in [-0.39, 0.29) is 10.7 Å². The second-order valence-electron chi connectivity index (χ2n) is 7.95. The molecule has 4 atom stereocenters. The number of carbonyl (C=O) groups is 2. The number of aromatic amines is 1. The first-order chi connectivity index (χ1) is 16.9. The Hall–Kier alpha value is -2.00. The molecule has 4 N–H and O–H groups in total. The van der Waals surface area contributed by atoms with Crippen LogP contribution in [0.2, 0.25) is 0 Å². The molecule has 1 amide bonds. The molecule has 0 bridgehead atoms. The van der Waals surface area contributed by atoms with Gasteiger partial charge >= 0.3 is 17.8 Å². The summed E-state index contributed by atoms with van der Waals surface area (Å²) in [6.45, 7) is 12.3. The van der Waals surface area contributed by atoms with E-state index in [9.17, 15) is 24.3 Å². The number of nitrogens with one attached hydrogen (secondary N) is 2.